The van der Waals surface area contributed by atoms with Gasteiger partial charge < -0.3 is 10.4 Å². The molecule has 2 nitrogen and oxygen atoms in total. The Labute approximate surface area is 95.3 Å². The topological polar surface area (TPSA) is 32.3 Å². The predicted octanol–water partition coefficient (Wildman–Crippen LogP) is 2.30. The lowest BCUT2D eigenvalue weighted by Gasteiger charge is -2.18. The van der Waals surface area contributed by atoms with E-state index in [0.717, 1.165) is 17.9 Å². The van der Waals surface area contributed by atoms with Gasteiger partial charge in [-0.2, -0.15) is 0 Å². The molecule has 1 unspecified atom stereocenters. The van der Waals surface area contributed by atoms with Gasteiger partial charge in [-0.25, -0.2) is 0 Å². The highest BCUT2D eigenvalue weighted by atomic mass is 35.5. The molecule has 0 aliphatic heterocycles. The summed E-state index contributed by atoms with van der Waals surface area (Å²) in [4.78, 5) is 0. The van der Waals surface area contributed by atoms with E-state index in [1.165, 1.54) is 11.1 Å². The number of aryl methyl sites for hydroxylation is 1. The summed E-state index contributed by atoms with van der Waals surface area (Å²) in [6.07, 6.45) is 2.17. The van der Waals surface area contributed by atoms with E-state index in [4.69, 9.17) is 16.7 Å². The van der Waals surface area contributed by atoms with Crippen molar-refractivity contribution in [3.05, 3.63) is 34.3 Å². The maximum Gasteiger partial charge on any atom is 0.0582 e. The zero-order valence-corrected chi connectivity index (χ0v) is 9.59. The number of aliphatic hydroxyl groups is 1. The van der Waals surface area contributed by atoms with Crippen LogP contribution >= 0.6 is 11.6 Å². The Morgan fingerprint density at radius 2 is 2.40 bits per heavy atom. The van der Waals surface area contributed by atoms with E-state index < -0.39 is 0 Å². The van der Waals surface area contributed by atoms with Crippen molar-refractivity contribution < 1.29 is 5.11 Å². The maximum absolute atomic E-state index is 9.00. The summed E-state index contributed by atoms with van der Waals surface area (Å²) in [5.41, 5.74) is 2.67. The van der Waals surface area contributed by atoms with E-state index in [0.29, 0.717) is 6.04 Å². The molecular weight excluding hydrogens is 210 g/mol. The molecule has 1 aromatic rings. The summed E-state index contributed by atoms with van der Waals surface area (Å²) in [5.74, 6) is 0. The van der Waals surface area contributed by atoms with Gasteiger partial charge in [0.1, 0.15) is 0 Å². The third kappa shape index (κ3) is 2.33. The molecule has 0 aromatic heterocycles. The predicted molar refractivity (Wildman–Crippen MR) is 62.2 cm³/mol. The summed E-state index contributed by atoms with van der Waals surface area (Å²) in [7, 11) is 0. The first-order valence-electron chi connectivity index (χ1n) is 5.36. The van der Waals surface area contributed by atoms with Crippen molar-refractivity contribution in [3.63, 3.8) is 0 Å². The van der Waals surface area contributed by atoms with Crippen molar-refractivity contribution in [3.8, 4) is 0 Å². The van der Waals surface area contributed by atoms with E-state index in [-0.39, 0.29) is 12.6 Å². The van der Waals surface area contributed by atoms with Crippen LogP contribution in [-0.4, -0.2) is 17.8 Å². The number of hydrogen-bond donors (Lipinski definition) is 2. The minimum atomic E-state index is 0.150. The zero-order chi connectivity index (χ0) is 10.8. The van der Waals surface area contributed by atoms with Gasteiger partial charge in [0.2, 0.25) is 0 Å². The van der Waals surface area contributed by atoms with Crippen LogP contribution in [0.15, 0.2) is 18.2 Å². The van der Waals surface area contributed by atoms with Crippen molar-refractivity contribution in [2.75, 3.05) is 6.61 Å². The number of hydrogen-bond acceptors (Lipinski definition) is 2. The van der Waals surface area contributed by atoms with E-state index in [9.17, 15) is 0 Å². The smallest absolute Gasteiger partial charge is 0.0582 e. The Kier molecular flexibility index (Phi) is 3.29. The minimum absolute atomic E-state index is 0.150. The Morgan fingerprint density at radius 1 is 1.60 bits per heavy atom. The molecule has 2 rings (SSSR count). The Balaban J connectivity index is 2.14. The third-order valence-electron chi connectivity index (χ3n) is 2.94. The van der Waals surface area contributed by atoms with Gasteiger partial charge in [-0.15, -0.1) is 0 Å². The van der Waals surface area contributed by atoms with Crippen molar-refractivity contribution >= 4 is 11.6 Å². The normalized spacial score (nSPS) is 21.4. The van der Waals surface area contributed by atoms with Gasteiger partial charge >= 0.3 is 0 Å². The van der Waals surface area contributed by atoms with Gasteiger partial charge in [0, 0.05) is 17.1 Å². The van der Waals surface area contributed by atoms with Crippen LogP contribution in [0.4, 0.5) is 0 Å². The lowest BCUT2D eigenvalue weighted by atomic mass is 10.1. The van der Waals surface area contributed by atoms with Crippen molar-refractivity contribution in [2.45, 2.75) is 31.8 Å². The Bertz CT molecular complexity index is 353. The Morgan fingerprint density at radius 3 is 3.13 bits per heavy atom. The molecule has 1 aromatic carbocycles. The van der Waals surface area contributed by atoms with E-state index in [1.54, 1.807) is 0 Å². The summed E-state index contributed by atoms with van der Waals surface area (Å²) in [5, 5.41) is 13.2. The molecule has 2 N–H and O–H groups in total. The molecule has 3 heteroatoms. The van der Waals surface area contributed by atoms with Crippen LogP contribution in [0.2, 0.25) is 5.02 Å². The maximum atomic E-state index is 9.00. The molecule has 1 aliphatic carbocycles. The molecule has 0 bridgehead atoms. The molecule has 0 radical (unpaired) electrons. The average Bonchev–Trinajstić information content (AvgIpc) is 2.60. The van der Waals surface area contributed by atoms with Crippen LogP contribution in [0.5, 0.6) is 0 Å². The third-order valence-corrected chi connectivity index (χ3v) is 3.18. The Hall–Kier alpha value is -0.570. The van der Waals surface area contributed by atoms with Crippen LogP contribution in [0.1, 0.15) is 30.5 Å². The zero-order valence-electron chi connectivity index (χ0n) is 8.83. The highest BCUT2D eigenvalue weighted by Gasteiger charge is 2.23. The number of aliphatic hydroxyl groups excluding tert-OH is 1. The van der Waals surface area contributed by atoms with Crippen molar-refractivity contribution in [2.24, 2.45) is 0 Å². The molecule has 0 spiro atoms. The summed E-state index contributed by atoms with van der Waals surface area (Å²) in [6, 6.07) is 6.59. The highest BCUT2D eigenvalue weighted by Crippen LogP contribution is 2.32. The molecule has 1 aliphatic rings. The van der Waals surface area contributed by atoms with E-state index in [1.807, 2.05) is 19.1 Å². The van der Waals surface area contributed by atoms with Crippen LogP contribution < -0.4 is 5.32 Å². The second-order valence-electron chi connectivity index (χ2n) is 4.18. The molecular formula is C12H16ClNO. The molecule has 2 atom stereocenters. The minimum Gasteiger partial charge on any atom is -0.395 e. The molecule has 0 heterocycles. The molecule has 0 amide bonds. The van der Waals surface area contributed by atoms with Gasteiger partial charge in [-0.1, -0.05) is 17.7 Å². The first-order valence-corrected chi connectivity index (χ1v) is 5.73. The average molecular weight is 226 g/mol. The lowest BCUT2D eigenvalue weighted by molar-refractivity contribution is 0.240. The van der Waals surface area contributed by atoms with Gasteiger partial charge in [0.25, 0.3) is 0 Å². The van der Waals surface area contributed by atoms with Gasteiger partial charge in [-0.3, -0.25) is 0 Å². The first-order chi connectivity index (χ1) is 7.20. The fourth-order valence-corrected chi connectivity index (χ4v) is 2.35. The number of benzene rings is 1. The molecule has 0 fully saturated rings. The summed E-state index contributed by atoms with van der Waals surface area (Å²) >= 11 is 5.94. The van der Waals surface area contributed by atoms with Crippen LogP contribution in [0.25, 0.3) is 0 Å². The van der Waals surface area contributed by atoms with Gasteiger partial charge in [0.15, 0.2) is 0 Å². The monoisotopic (exact) mass is 225 g/mol. The molecule has 15 heavy (non-hydrogen) atoms. The second-order valence-corrected chi connectivity index (χ2v) is 4.62. The van der Waals surface area contributed by atoms with Crippen LogP contribution in [0, 0.1) is 0 Å². The van der Waals surface area contributed by atoms with Crippen LogP contribution in [0.3, 0.4) is 0 Å². The first kappa shape index (κ1) is 10.9. The highest BCUT2D eigenvalue weighted by molar-refractivity contribution is 6.30. The molecule has 0 saturated carbocycles. The van der Waals surface area contributed by atoms with Gasteiger partial charge in [0.05, 0.1) is 6.61 Å². The van der Waals surface area contributed by atoms with Crippen molar-refractivity contribution in [1.29, 1.82) is 0 Å². The van der Waals surface area contributed by atoms with E-state index >= 15 is 0 Å². The number of rotatable bonds is 3. The number of fused-ring (bicyclic) bond motifs is 1. The van der Waals surface area contributed by atoms with E-state index in [2.05, 4.69) is 11.4 Å². The van der Waals surface area contributed by atoms with Crippen LogP contribution in [-0.2, 0) is 6.42 Å². The number of halogens is 1. The molecule has 82 valence electrons. The number of nitrogens with one attached hydrogen (secondary N) is 1. The standard InChI is InChI=1S/C12H16ClNO/c1-8(7-15)14-12-5-2-9-6-10(13)3-4-11(9)12/h3-4,6,8,12,14-15H,2,5,7H2,1H3/t8-,12?/m0/s1. The van der Waals surface area contributed by atoms with Gasteiger partial charge in [-0.05, 0) is 43.0 Å². The SMILES string of the molecule is C[C@@H](CO)NC1CCc2cc(Cl)ccc21. The summed E-state index contributed by atoms with van der Waals surface area (Å²) in [6.45, 7) is 2.17. The largest absolute Gasteiger partial charge is 0.395 e. The quantitative estimate of drug-likeness (QED) is 0.828. The molecule has 0 saturated heterocycles. The van der Waals surface area contributed by atoms with Crippen molar-refractivity contribution in [1.82, 2.24) is 5.32 Å². The fourth-order valence-electron chi connectivity index (χ4n) is 2.16. The second kappa shape index (κ2) is 4.52. The lowest BCUT2D eigenvalue weighted by Crippen LogP contribution is -2.32. The fraction of sp³-hybridized carbons (Fsp3) is 0.500. The summed E-state index contributed by atoms with van der Waals surface area (Å²) < 4.78 is 0.